The van der Waals surface area contributed by atoms with Crippen molar-refractivity contribution in [1.82, 2.24) is 5.32 Å². The zero-order chi connectivity index (χ0) is 18.4. The lowest BCUT2D eigenvalue weighted by atomic mass is 10.1. The number of anilines is 3. The fourth-order valence-corrected chi connectivity index (χ4v) is 2.86. The van der Waals surface area contributed by atoms with Crippen molar-refractivity contribution >= 4 is 23.1 Å². The number of nitrogens with two attached hydrogens (primary N) is 1. The first-order chi connectivity index (χ1) is 12.6. The molecule has 0 radical (unpaired) electrons. The summed E-state index contributed by atoms with van der Waals surface area (Å²) in [4.78, 5) is 14.6. The molecule has 0 aliphatic heterocycles. The van der Waals surface area contributed by atoms with Crippen LogP contribution in [0, 0.1) is 6.92 Å². The number of rotatable bonds is 5. The zero-order valence-electron chi connectivity index (χ0n) is 14.9. The Balaban J connectivity index is 1.75. The lowest BCUT2D eigenvalue weighted by molar-refractivity contribution is 0.248. The normalized spacial score (nSPS) is 10.3. The number of nitrogens with zero attached hydrogens (tertiary/aromatic N) is 1. The van der Waals surface area contributed by atoms with Gasteiger partial charge in [-0.3, -0.25) is 4.90 Å². The smallest absolute Gasteiger partial charge is 0.326 e. The molecule has 4 nitrogen and oxygen atoms in total. The van der Waals surface area contributed by atoms with Gasteiger partial charge in [0.25, 0.3) is 0 Å². The lowest BCUT2D eigenvalue weighted by Crippen LogP contribution is -2.38. The molecule has 0 aliphatic rings. The van der Waals surface area contributed by atoms with Crippen molar-refractivity contribution in [2.75, 3.05) is 17.2 Å². The van der Waals surface area contributed by atoms with Crippen molar-refractivity contribution in [1.29, 1.82) is 0 Å². The van der Waals surface area contributed by atoms with E-state index in [1.165, 1.54) is 11.1 Å². The van der Waals surface area contributed by atoms with Crippen LogP contribution in [-0.2, 0) is 6.42 Å². The Kier molecular flexibility index (Phi) is 5.54. The highest BCUT2D eigenvalue weighted by molar-refractivity contribution is 5.99. The molecule has 0 atom stereocenters. The summed E-state index contributed by atoms with van der Waals surface area (Å²) >= 11 is 0. The van der Waals surface area contributed by atoms with E-state index < -0.39 is 0 Å². The number of carbonyl (C=O) groups excluding carboxylic acids is 1. The van der Waals surface area contributed by atoms with Gasteiger partial charge >= 0.3 is 6.03 Å². The van der Waals surface area contributed by atoms with Gasteiger partial charge in [-0.25, -0.2) is 4.79 Å². The average molecular weight is 345 g/mol. The maximum Gasteiger partial charge on any atom is 0.326 e. The first kappa shape index (κ1) is 17.5. The van der Waals surface area contributed by atoms with Crippen molar-refractivity contribution in [3.63, 3.8) is 0 Å². The summed E-state index contributed by atoms with van der Waals surface area (Å²) in [6.07, 6.45) is 0.794. The molecule has 26 heavy (non-hydrogen) atoms. The van der Waals surface area contributed by atoms with E-state index in [0.717, 1.165) is 17.8 Å². The fourth-order valence-electron chi connectivity index (χ4n) is 2.86. The SMILES string of the molecule is Cc1ccccc1CCNC(=O)N(c1ccccc1)c1ccc(N)cc1. The molecule has 0 fully saturated rings. The summed E-state index contributed by atoms with van der Waals surface area (Å²) in [7, 11) is 0. The summed E-state index contributed by atoms with van der Waals surface area (Å²) in [5.74, 6) is 0. The zero-order valence-corrected chi connectivity index (χ0v) is 14.9. The number of hydrogen-bond donors (Lipinski definition) is 2. The van der Waals surface area contributed by atoms with Gasteiger partial charge in [-0.2, -0.15) is 0 Å². The molecule has 0 bridgehead atoms. The van der Waals surface area contributed by atoms with Crippen LogP contribution in [0.2, 0.25) is 0 Å². The molecule has 4 heteroatoms. The van der Waals surface area contributed by atoms with Crippen molar-refractivity contribution in [3.8, 4) is 0 Å². The second-order valence-corrected chi connectivity index (χ2v) is 6.17. The summed E-state index contributed by atoms with van der Waals surface area (Å²) in [5.41, 5.74) is 10.5. The van der Waals surface area contributed by atoms with Crippen LogP contribution >= 0.6 is 0 Å². The van der Waals surface area contributed by atoms with E-state index in [4.69, 9.17) is 5.73 Å². The number of urea groups is 1. The van der Waals surface area contributed by atoms with Crippen LogP contribution in [0.25, 0.3) is 0 Å². The van der Waals surface area contributed by atoms with Crippen molar-refractivity contribution in [2.45, 2.75) is 13.3 Å². The number of amides is 2. The first-order valence-electron chi connectivity index (χ1n) is 8.68. The highest BCUT2D eigenvalue weighted by Gasteiger charge is 2.17. The molecular weight excluding hydrogens is 322 g/mol. The number of benzene rings is 3. The van der Waals surface area contributed by atoms with Gasteiger partial charge < -0.3 is 11.1 Å². The molecule has 3 aromatic carbocycles. The van der Waals surface area contributed by atoms with E-state index in [1.807, 2.05) is 54.6 Å². The van der Waals surface area contributed by atoms with Crippen LogP contribution in [0.15, 0.2) is 78.9 Å². The maximum atomic E-state index is 12.9. The lowest BCUT2D eigenvalue weighted by Gasteiger charge is -2.23. The Morgan fingerprint density at radius 2 is 1.50 bits per heavy atom. The highest BCUT2D eigenvalue weighted by atomic mass is 16.2. The summed E-state index contributed by atoms with van der Waals surface area (Å²) in [5, 5.41) is 3.03. The molecule has 0 spiro atoms. The van der Waals surface area contributed by atoms with Gasteiger partial charge in [0.15, 0.2) is 0 Å². The predicted octanol–water partition coefficient (Wildman–Crippen LogP) is 4.67. The minimum Gasteiger partial charge on any atom is -0.399 e. The number of para-hydroxylation sites is 1. The van der Waals surface area contributed by atoms with Crippen LogP contribution in [0.1, 0.15) is 11.1 Å². The minimum atomic E-state index is -0.158. The molecule has 0 saturated carbocycles. The Morgan fingerprint density at radius 1 is 0.885 bits per heavy atom. The Labute approximate surface area is 154 Å². The third kappa shape index (κ3) is 4.22. The monoisotopic (exact) mass is 345 g/mol. The van der Waals surface area contributed by atoms with Crippen LogP contribution in [0.5, 0.6) is 0 Å². The second kappa shape index (κ2) is 8.21. The molecule has 132 valence electrons. The van der Waals surface area contributed by atoms with Gasteiger partial charge in [-0.1, -0.05) is 42.5 Å². The number of hydrogen-bond acceptors (Lipinski definition) is 2. The van der Waals surface area contributed by atoms with Gasteiger partial charge in [-0.15, -0.1) is 0 Å². The molecule has 0 saturated heterocycles. The predicted molar refractivity (Wildman–Crippen MR) is 108 cm³/mol. The van der Waals surface area contributed by atoms with E-state index >= 15 is 0 Å². The molecule has 2 amide bonds. The largest absolute Gasteiger partial charge is 0.399 e. The number of nitrogen functional groups attached to an aromatic ring is 1. The summed E-state index contributed by atoms with van der Waals surface area (Å²) < 4.78 is 0. The molecule has 3 aromatic rings. The Hall–Kier alpha value is -3.27. The van der Waals surface area contributed by atoms with E-state index in [2.05, 4.69) is 24.4 Å². The highest BCUT2D eigenvalue weighted by Crippen LogP contribution is 2.26. The van der Waals surface area contributed by atoms with E-state index in [1.54, 1.807) is 17.0 Å². The van der Waals surface area contributed by atoms with Gasteiger partial charge in [0.1, 0.15) is 0 Å². The second-order valence-electron chi connectivity index (χ2n) is 6.17. The number of nitrogens with one attached hydrogen (secondary N) is 1. The van der Waals surface area contributed by atoms with Crippen LogP contribution in [0.3, 0.4) is 0 Å². The average Bonchev–Trinajstić information content (AvgIpc) is 2.66. The van der Waals surface area contributed by atoms with E-state index in [-0.39, 0.29) is 6.03 Å². The van der Waals surface area contributed by atoms with E-state index in [9.17, 15) is 4.79 Å². The van der Waals surface area contributed by atoms with Crippen molar-refractivity contribution < 1.29 is 4.79 Å². The quantitative estimate of drug-likeness (QED) is 0.660. The Morgan fingerprint density at radius 3 is 2.19 bits per heavy atom. The van der Waals surface area contributed by atoms with Gasteiger partial charge in [0.05, 0.1) is 11.4 Å². The summed E-state index contributed by atoms with van der Waals surface area (Å²) in [6, 6.07) is 25.0. The van der Waals surface area contributed by atoms with Gasteiger partial charge in [0, 0.05) is 12.2 Å². The third-order valence-electron chi connectivity index (χ3n) is 4.30. The van der Waals surface area contributed by atoms with Crippen molar-refractivity contribution in [3.05, 3.63) is 90.0 Å². The topological polar surface area (TPSA) is 58.4 Å². The molecule has 0 unspecified atom stereocenters. The van der Waals surface area contributed by atoms with Crippen LogP contribution in [-0.4, -0.2) is 12.6 Å². The summed E-state index contributed by atoms with van der Waals surface area (Å²) in [6.45, 7) is 2.66. The molecule has 0 aliphatic carbocycles. The van der Waals surface area contributed by atoms with Crippen LogP contribution < -0.4 is 16.0 Å². The number of carbonyl (C=O) groups is 1. The fraction of sp³-hybridized carbons (Fsp3) is 0.136. The first-order valence-corrected chi connectivity index (χ1v) is 8.68. The van der Waals surface area contributed by atoms with Crippen molar-refractivity contribution in [2.24, 2.45) is 0 Å². The standard InChI is InChI=1S/C22H23N3O/c1-17-7-5-6-8-18(17)15-16-24-22(26)25(20-9-3-2-4-10-20)21-13-11-19(23)12-14-21/h2-14H,15-16,23H2,1H3,(H,24,26). The maximum absolute atomic E-state index is 12.9. The molecule has 0 aromatic heterocycles. The van der Waals surface area contributed by atoms with Crippen LogP contribution in [0.4, 0.5) is 21.9 Å². The minimum absolute atomic E-state index is 0.158. The molecule has 0 heterocycles. The Bertz CT molecular complexity index is 860. The van der Waals surface area contributed by atoms with Gasteiger partial charge in [-0.05, 0) is 60.9 Å². The molecular formula is C22H23N3O. The number of aryl methyl sites for hydroxylation is 1. The third-order valence-corrected chi connectivity index (χ3v) is 4.30. The van der Waals surface area contributed by atoms with Gasteiger partial charge in [0.2, 0.25) is 0 Å². The molecule has 3 N–H and O–H groups in total. The molecule has 3 rings (SSSR count). The van der Waals surface area contributed by atoms with E-state index in [0.29, 0.717) is 12.2 Å².